The van der Waals surface area contributed by atoms with Crippen LogP contribution in [-0.2, 0) is 23.1 Å². The van der Waals surface area contributed by atoms with E-state index >= 15 is 0 Å². The molecular weight excluding hydrogens is 452 g/mol. The van der Waals surface area contributed by atoms with Gasteiger partial charge in [-0.1, -0.05) is 17.7 Å². The third kappa shape index (κ3) is 3.52. The minimum Gasteiger partial charge on any atom is -0.302 e. The Morgan fingerprint density at radius 1 is 1.00 bits per heavy atom. The topological polar surface area (TPSA) is 94.3 Å². The maximum absolute atomic E-state index is 13.1. The van der Waals surface area contributed by atoms with Gasteiger partial charge in [0, 0.05) is 37.2 Å². The average Bonchev–Trinajstić information content (AvgIpc) is 2.78. The van der Waals surface area contributed by atoms with Crippen LogP contribution in [0.2, 0.25) is 5.02 Å². The zero-order valence-electron chi connectivity index (χ0n) is 17.7. The Balaban J connectivity index is 2.05. The van der Waals surface area contributed by atoms with E-state index in [2.05, 4.69) is 4.98 Å². The second-order valence-corrected chi connectivity index (χ2v) is 10.0. The highest BCUT2D eigenvalue weighted by Crippen LogP contribution is 2.26. The van der Waals surface area contributed by atoms with E-state index < -0.39 is 21.1 Å². The van der Waals surface area contributed by atoms with Crippen LogP contribution in [0, 0.1) is 0 Å². The number of sulfonamides is 1. The molecular formula is C22H21ClN4O4S. The van der Waals surface area contributed by atoms with Crippen LogP contribution in [0.1, 0.15) is 12.5 Å². The van der Waals surface area contributed by atoms with E-state index in [0.29, 0.717) is 27.1 Å². The Morgan fingerprint density at radius 3 is 2.41 bits per heavy atom. The summed E-state index contributed by atoms with van der Waals surface area (Å²) < 4.78 is 29.2. The van der Waals surface area contributed by atoms with E-state index in [1.54, 1.807) is 37.4 Å². The number of pyridine rings is 1. The lowest BCUT2D eigenvalue weighted by Gasteiger charge is -2.17. The number of rotatable bonds is 5. The van der Waals surface area contributed by atoms with Gasteiger partial charge in [0.25, 0.3) is 0 Å². The first-order chi connectivity index (χ1) is 15.2. The number of fused-ring (bicyclic) bond motifs is 2. The van der Waals surface area contributed by atoms with Gasteiger partial charge in [0.1, 0.15) is 0 Å². The second kappa shape index (κ2) is 8.16. The van der Waals surface area contributed by atoms with Gasteiger partial charge in [0.2, 0.25) is 10.0 Å². The van der Waals surface area contributed by atoms with E-state index in [-0.39, 0.29) is 18.0 Å². The van der Waals surface area contributed by atoms with Crippen molar-refractivity contribution < 1.29 is 8.42 Å². The van der Waals surface area contributed by atoms with Crippen molar-refractivity contribution in [1.29, 1.82) is 0 Å². The Morgan fingerprint density at radius 2 is 1.72 bits per heavy atom. The summed E-state index contributed by atoms with van der Waals surface area (Å²) in [5.41, 5.74) is 0.700. The maximum atomic E-state index is 13.1. The van der Waals surface area contributed by atoms with Crippen molar-refractivity contribution in [3.05, 3.63) is 80.0 Å². The molecule has 0 saturated heterocycles. The van der Waals surface area contributed by atoms with Gasteiger partial charge in [-0.3, -0.25) is 19.1 Å². The van der Waals surface area contributed by atoms with Gasteiger partial charge in [-0.2, -0.15) is 0 Å². The van der Waals surface area contributed by atoms with Crippen LogP contribution < -0.4 is 11.1 Å². The first-order valence-corrected chi connectivity index (χ1v) is 11.7. The molecule has 2 aromatic heterocycles. The number of aromatic nitrogens is 3. The highest BCUT2D eigenvalue weighted by atomic mass is 35.5. The molecule has 2 heterocycles. The lowest BCUT2D eigenvalue weighted by atomic mass is 10.1. The van der Waals surface area contributed by atoms with Crippen LogP contribution in [0.4, 0.5) is 0 Å². The summed E-state index contributed by atoms with van der Waals surface area (Å²) in [5.74, 6) is 0. The maximum Gasteiger partial charge on any atom is 0.317 e. The molecule has 0 fully saturated rings. The molecule has 0 spiro atoms. The van der Waals surface area contributed by atoms with Gasteiger partial charge in [-0.15, -0.1) is 0 Å². The van der Waals surface area contributed by atoms with Crippen LogP contribution in [0.5, 0.6) is 0 Å². The van der Waals surface area contributed by atoms with Crippen molar-refractivity contribution in [3.8, 4) is 0 Å². The van der Waals surface area contributed by atoms with E-state index in [4.69, 9.17) is 11.6 Å². The molecule has 2 aromatic carbocycles. The van der Waals surface area contributed by atoms with E-state index in [9.17, 15) is 18.0 Å². The zero-order chi connectivity index (χ0) is 23.2. The summed E-state index contributed by atoms with van der Waals surface area (Å²) in [6.45, 7) is 2.06. The van der Waals surface area contributed by atoms with Crippen LogP contribution in [-0.4, -0.2) is 40.9 Å². The molecule has 0 bridgehead atoms. The standard InChI is InChI=1S/C22H21ClN4O4S/c1-4-26-18-10-8-15(32(30,31)25(2)3)12-19(18)27(22(29)21(26)28)13-14-7-9-17(23)16-6-5-11-24-20(14)16/h5-12H,4,13H2,1-3H3. The van der Waals surface area contributed by atoms with E-state index in [1.165, 1.54) is 35.4 Å². The molecule has 0 atom stereocenters. The number of halogens is 1. The van der Waals surface area contributed by atoms with Crippen molar-refractivity contribution >= 4 is 43.6 Å². The zero-order valence-corrected chi connectivity index (χ0v) is 19.3. The summed E-state index contributed by atoms with van der Waals surface area (Å²) >= 11 is 6.29. The van der Waals surface area contributed by atoms with Crippen molar-refractivity contribution in [2.24, 2.45) is 0 Å². The van der Waals surface area contributed by atoms with Crippen molar-refractivity contribution in [1.82, 2.24) is 18.4 Å². The van der Waals surface area contributed by atoms with Gasteiger partial charge >= 0.3 is 11.1 Å². The number of hydrogen-bond donors (Lipinski definition) is 0. The van der Waals surface area contributed by atoms with Gasteiger partial charge in [-0.25, -0.2) is 12.7 Å². The molecule has 0 aliphatic carbocycles. The molecule has 8 nitrogen and oxygen atoms in total. The third-order valence-corrected chi connectivity index (χ3v) is 7.57. The summed E-state index contributed by atoms with van der Waals surface area (Å²) in [6.07, 6.45) is 1.62. The average molecular weight is 473 g/mol. The van der Waals surface area contributed by atoms with Crippen LogP contribution >= 0.6 is 11.6 Å². The van der Waals surface area contributed by atoms with Gasteiger partial charge in [-0.05, 0) is 48.9 Å². The van der Waals surface area contributed by atoms with E-state index in [0.717, 1.165) is 9.69 Å². The van der Waals surface area contributed by atoms with Crippen molar-refractivity contribution in [2.45, 2.75) is 24.9 Å². The Labute approximate surface area is 189 Å². The molecule has 0 saturated carbocycles. The summed E-state index contributed by atoms with van der Waals surface area (Å²) in [4.78, 5) is 30.3. The van der Waals surface area contributed by atoms with Gasteiger partial charge in [0.15, 0.2) is 0 Å². The van der Waals surface area contributed by atoms with Crippen LogP contribution in [0.3, 0.4) is 0 Å². The predicted octanol–water partition coefficient (Wildman–Crippen LogP) is 2.68. The Kier molecular flexibility index (Phi) is 5.66. The minimum atomic E-state index is -3.74. The molecule has 0 unspecified atom stereocenters. The van der Waals surface area contributed by atoms with Crippen LogP contribution in [0.25, 0.3) is 21.9 Å². The first kappa shape index (κ1) is 22.2. The fraction of sp³-hybridized carbons (Fsp3) is 0.227. The fourth-order valence-corrected chi connectivity index (χ4v) is 4.87. The molecule has 0 aliphatic rings. The third-order valence-electron chi connectivity index (χ3n) is 5.43. The van der Waals surface area contributed by atoms with Gasteiger partial charge in [0.05, 0.1) is 28.0 Å². The van der Waals surface area contributed by atoms with Crippen molar-refractivity contribution in [2.75, 3.05) is 14.1 Å². The molecule has 0 N–H and O–H groups in total. The lowest BCUT2D eigenvalue weighted by molar-refractivity contribution is 0.521. The predicted molar refractivity (Wildman–Crippen MR) is 125 cm³/mol. The largest absolute Gasteiger partial charge is 0.317 e. The van der Waals surface area contributed by atoms with Crippen LogP contribution in [0.15, 0.2) is 63.1 Å². The SMILES string of the molecule is CCn1c(=O)c(=O)n(Cc2ccc(Cl)c3cccnc23)c2cc(S(=O)(=O)N(C)C)ccc21. The second-order valence-electron chi connectivity index (χ2n) is 7.48. The molecule has 10 heteroatoms. The number of aryl methyl sites for hydroxylation is 1. The fourth-order valence-electron chi connectivity index (χ4n) is 3.73. The number of hydrogen-bond acceptors (Lipinski definition) is 5. The van der Waals surface area contributed by atoms with Gasteiger partial charge < -0.3 is 4.57 Å². The summed E-state index contributed by atoms with van der Waals surface area (Å²) in [7, 11) is -0.869. The Bertz CT molecular complexity index is 1590. The number of benzene rings is 2. The highest BCUT2D eigenvalue weighted by Gasteiger charge is 2.21. The Hall–Kier alpha value is -3.01. The monoisotopic (exact) mass is 472 g/mol. The summed E-state index contributed by atoms with van der Waals surface area (Å²) in [5, 5.41) is 1.25. The van der Waals surface area contributed by atoms with Crippen molar-refractivity contribution in [3.63, 3.8) is 0 Å². The highest BCUT2D eigenvalue weighted by molar-refractivity contribution is 7.89. The molecule has 0 radical (unpaired) electrons. The quantitative estimate of drug-likeness (QED) is 0.416. The summed E-state index contributed by atoms with van der Waals surface area (Å²) in [6, 6.07) is 11.5. The first-order valence-electron chi connectivity index (χ1n) is 9.89. The molecule has 0 amide bonds. The van der Waals surface area contributed by atoms with E-state index in [1.807, 2.05) is 6.07 Å². The smallest absolute Gasteiger partial charge is 0.302 e. The molecule has 32 heavy (non-hydrogen) atoms. The normalized spacial score (nSPS) is 12.2. The molecule has 0 aliphatic heterocycles. The minimum absolute atomic E-state index is 0.0311. The molecule has 166 valence electrons. The molecule has 4 rings (SSSR count). The molecule has 4 aromatic rings. The number of nitrogens with zero attached hydrogens (tertiary/aromatic N) is 4. The lowest BCUT2D eigenvalue weighted by Crippen LogP contribution is -2.41.